The Bertz CT molecular complexity index is 510. The van der Waals surface area contributed by atoms with Gasteiger partial charge < -0.3 is 14.4 Å². The monoisotopic (exact) mass is 332 g/mol. The van der Waals surface area contributed by atoms with Gasteiger partial charge in [0.25, 0.3) is 0 Å². The van der Waals surface area contributed by atoms with E-state index in [9.17, 15) is 0 Å². The van der Waals surface area contributed by atoms with E-state index in [1.54, 1.807) is 0 Å². The third-order valence-corrected chi connectivity index (χ3v) is 4.66. The summed E-state index contributed by atoms with van der Waals surface area (Å²) in [5, 5.41) is 0. The van der Waals surface area contributed by atoms with Crippen molar-refractivity contribution in [1.82, 2.24) is 9.80 Å². The van der Waals surface area contributed by atoms with Gasteiger partial charge in [0.05, 0.1) is 25.4 Å². The van der Waals surface area contributed by atoms with Crippen LogP contribution in [-0.2, 0) is 15.1 Å². The summed E-state index contributed by atoms with van der Waals surface area (Å²) in [6, 6.07) is 8.39. The standard InChI is InChI=1S/C20H32N2O2/c1-5-18-7-6-8-19(17-18)20(2,3)24-16-11-21(4)9-10-22-12-14-23-15-13-22/h5-8,17H,1,9-16H2,2-4H3. The summed E-state index contributed by atoms with van der Waals surface area (Å²) in [4.78, 5) is 4.80. The van der Waals surface area contributed by atoms with Crippen molar-refractivity contribution in [3.63, 3.8) is 0 Å². The predicted molar refractivity (Wildman–Crippen MR) is 100 cm³/mol. The van der Waals surface area contributed by atoms with E-state index >= 15 is 0 Å². The molecule has 1 aromatic carbocycles. The molecule has 0 spiro atoms. The summed E-state index contributed by atoms with van der Waals surface area (Å²) < 4.78 is 11.6. The zero-order valence-electron chi connectivity index (χ0n) is 15.5. The van der Waals surface area contributed by atoms with Gasteiger partial charge in [0.15, 0.2) is 0 Å². The molecule has 1 aromatic rings. The molecule has 0 bridgehead atoms. The van der Waals surface area contributed by atoms with E-state index in [1.165, 1.54) is 5.56 Å². The number of rotatable bonds is 9. The maximum atomic E-state index is 6.17. The molecule has 0 saturated carbocycles. The summed E-state index contributed by atoms with van der Waals surface area (Å²) in [7, 11) is 2.16. The van der Waals surface area contributed by atoms with E-state index < -0.39 is 0 Å². The third kappa shape index (κ3) is 6.02. The lowest BCUT2D eigenvalue weighted by Crippen LogP contribution is -2.41. The number of hydrogen-bond donors (Lipinski definition) is 0. The minimum Gasteiger partial charge on any atom is -0.379 e. The number of benzene rings is 1. The van der Waals surface area contributed by atoms with Crippen molar-refractivity contribution in [3.05, 3.63) is 42.0 Å². The fourth-order valence-electron chi connectivity index (χ4n) is 2.83. The van der Waals surface area contributed by atoms with E-state index in [4.69, 9.17) is 9.47 Å². The van der Waals surface area contributed by atoms with Crippen LogP contribution >= 0.6 is 0 Å². The Hall–Kier alpha value is -1.20. The lowest BCUT2D eigenvalue weighted by Gasteiger charge is -2.30. The minimum atomic E-state index is -0.288. The van der Waals surface area contributed by atoms with Crippen LogP contribution < -0.4 is 0 Å². The zero-order valence-corrected chi connectivity index (χ0v) is 15.5. The maximum Gasteiger partial charge on any atom is 0.0876 e. The molecule has 4 nitrogen and oxygen atoms in total. The van der Waals surface area contributed by atoms with Crippen LogP contribution in [0, 0.1) is 0 Å². The van der Waals surface area contributed by atoms with E-state index in [0.717, 1.165) is 58.1 Å². The first-order valence-electron chi connectivity index (χ1n) is 8.87. The summed E-state index contributed by atoms with van der Waals surface area (Å²) in [5.74, 6) is 0. The van der Waals surface area contributed by atoms with Gasteiger partial charge in [-0.15, -0.1) is 0 Å². The number of nitrogens with zero attached hydrogens (tertiary/aromatic N) is 2. The van der Waals surface area contributed by atoms with Gasteiger partial charge in [-0.25, -0.2) is 0 Å². The van der Waals surface area contributed by atoms with Gasteiger partial charge in [0.2, 0.25) is 0 Å². The van der Waals surface area contributed by atoms with Crippen LogP contribution in [0.25, 0.3) is 6.08 Å². The van der Waals surface area contributed by atoms with Crippen LogP contribution in [0.15, 0.2) is 30.8 Å². The Balaban J connectivity index is 1.72. The van der Waals surface area contributed by atoms with Crippen molar-refractivity contribution in [1.29, 1.82) is 0 Å². The average Bonchev–Trinajstić information content (AvgIpc) is 2.61. The summed E-state index contributed by atoms with van der Waals surface area (Å²) in [6.07, 6.45) is 1.87. The SMILES string of the molecule is C=Cc1cccc(C(C)(C)OCCN(C)CCN2CCOCC2)c1. The lowest BCUT2D eigenvalue weighted by molar-refractivity contribution is -0.0298. The van der Waals surface area contributed by atoms with Gasteiger partial charge >= 0.3 is 0 Å². The lowest BCUT2D eigenvalue weighted by atomic mass is 9.96. The molecule has 0 N–H and O–H groups in total. The van der Waals surface area contributed by atoms with Crippen molar-refractivity contribution in [2.75, 3.05) is 59.6 Å². The van der Waals surface area contributed by atoms with Crippen LogP contribution in [0.3, 0.4) is 0 Å². The molecular formula is C20H32N2O2. The normalized spacial score (nSPS) is 16.5. The van der Waals surface area contributed by atoms with Crippen molar-refractivity contribution < 1.29 is 9.47 Å². The van der Waals surface area contributed by atoms with Gasteiger partial charge in [-0.1, -0.05) is 30.9 Å². The van der Waals surface area contributed by atoms with Crippen molar-refractivity contribution >= 4 is 6.08 Å². The van der Waals surface area contributed by atoms with E-state index in [0.29, 0.717) is 0 Å². The van der Waals surface area contributed by atoms with E-state index in [1.807, 2.05) is 6.08 Å². The Kier molecular flexibility index (Phi) is 7.43. The molecule has 0 atom stereocenters. The average molecular weight is 332 g/mol. The molecule has 24 heavy (non-hydrogen) atoms. The molecule has 1 aliphatic heterocycles. The van der Waals surface area contributed by atoms with Gasteiger partial charge in [-0.3, -0.25) is 4.90 Å². The van der Waals surface area contributed by atoms with Crippen LogP contribution in [0.1, 0.15) is 25.0 Å². The number of ether oxygens (including phenoxy) is 2. The van der Waals surface area contributed by atoms with Crippen LogP contribution in [0.4, 0.5) is 0 Å². The molecule has 0 amide bonds. The first-order chi connectivity index (χ1) is 11.5. The molecule has 1 fully saturated rings. The largest absolute Gasteiger partial charge is 0.379 e. The molecular weight excluding hydrogens is 300 g/mol. The molecule has 0 radical (unpaired) electrons. The Morgan fingerprint density at radius 2 is 2.04 bits per heavy atom. The highest BCUT2D eigenvalue weighted by molar-refractivity contribution is 5.48. The maximum absolute atomic E-state index is 6.17. The van der Waals surface area contributed by atoms with Gasteiger partial charge in [0.1, 0.15) is 0 Å². The fraction of sp³-hybridized carbons (Fsp3) is 0.600. The van der Waals surface area contributed by atoms with Crippen molar-refractivity contribution in [2.45, 2.75) is 19.4 Å². The molecule has 1 aliphatic rings. The third-order valence-electron chi connectivity index (χ3n) is 4.66. The van der Waals surface area contributed by atoms with Gasteiger partial charge in [0, 0.05) is 32.7 Å². The number of morpholine rings is 1. The smallest absolute Gasteiger partial charge is 0.0876 e. The van der Waals surface area contributed by atoms with Crippen LogP contribution in [0.5, 0.6) is 0 Å². The summed E-state index contributed by atoms with van der Waals surface area (Å²) >= 11 is 0. The highest BCUT2D eigenvalue weighted by Crippen LogP contribution is 2.25. The predicted octanol–water partition coefficient (Wildman–Crippen LogP) is 2.85. The zero-order chi connectivity index (χ0) is 17.4. The molecule has 0 aromatic heterocycles. The minimum absolute atomic E-state index is 0.288. The number of likely N-dealkylation sites (N-methyl/N-ethyl adjacent to an activating group) is 1. The van der Waals surface area contributed by atoms with E-state index in [2.05, 4.69) is 61.5 Å². The van der Waals surface area contributed by atoms with Crippen molar-refractivity contribution in [2.24, 2.45) is 0 Å². The van der Waals surface area contributed by atoms with Crippen molar-refractivity contribution in [3.8, 4) is 0 Å². The van der Waals surface area contributed by atoms with Crippen LogP contribution in [0.2, 0.25) is 0 Å². The highest BCUT2D eigenvalue weighted by atomic mass is 16.5. The molecule has 1 heterocycles. The number of hydrogen-bond acceptors (Lipinski definition) is 4. The van der Waals surface area contributed by atoms with Gasteiger partial charge in [-0.05, 0) is 38.1 Å². The molecule has 0 unspecified atom stereocenters. The first-order valence-corrected chi connectivity index (χ1v) is 8.87. The second-order valence-corrected chi connectivity index (χ2v) is 6.95. The second kappa shape index (κ2) is 9.33. The van der Waals surface area contributed by atoms with Crippen LogP contribution in [-0.4, -0.2) is 69.4 Å². The molecule has 1 saturated heterocycles. The molecule has 134 valence electrons. The topological polar surface area (TPSA) is 24.9 Å². The fourth-order valence-corrected chi connectivity index (χ4v) is 2.83. The molecule has 2 rings (SSSR count). The Labute approximate surface area is 147 Å². The first kappa shape index (κ1) is 19.1. The Morgan fingerprint density at radius 1 is 1.29 bits per heavy atom. The van der Waals surface area contributed by atoms with Gasteiger partial charge in [-0.2, -0.15) is 0 Å². The van der Waals surface area contributed by atoms with E-state index in [-0.39, 0.29) is 5.60 Å². The summed E-state index contributed by atoms with van der Waals surface area (Å²) in [6.45, 7) is 15.8. The summed E-state index contributed by atoms with van der Waals surface area (Å²) in [5.41, 5.74) is 2.03. The quantitative estimate of drug-likeness (QED) is 0.694. The molecule has 0 aliphatic carbocycles. The molecule has 4 heteroatoms. The highest BCUT2D eigenvalue weighted by Gasteiger charge is 2.21. The second-order valence-electron chi connectivity index (χ2n) is 6.95. The Morgan fingerprint density at radius 3 is 2.75 bits per heavy atom.